The highest BCUT2D eigenvalue weighted by Crippen LogP contribution is 2.44. The Morgan fingerprint density at radius 3 is 2.31 bits per heavy atom. The molecule has 1 aliphatic heterocycles. The fourth-order valence-electron chi connectivity index (χ4n) is 6.21. The summed E-state index contributed by atoms with van der Waals surface area (Å²) in [5.74, 6) is -1.83. The number of Topliss-reactive ketones (excluding diaryl/α,β-unsaturated/α-hetero) is 1. The summed E-state index contributed by atoms with van der Waals surface area (Å²) in [7, 11) is 0. The third-order valence-corrected chi connectivity index (χ3v) is 14.1. The van der Waals surface area contributed by atoms with Crippen LogP contribution in [-0.2, 0) is 19.1 Å². The summed E-state index contributed by atoms with van der Waals surface area (Å²) >= 11 is -2.26. The van der Waals surface area contributed by atoms with Gasteiger partial charge in [-0.15, -0.1) is 30.0 Å². The number of aliphatic hydroxyl groups is 1. The Balaban J connectivity index is 2.37. The Labute approximate surface area is 293 Å². The zero-order chi connectivity index (χ0) is 36.2. The number of ketones is 1. The smallest absolute Gasteiger partial charge is 0.407 e. The van der Waals surface area contributed by atoms with E-state index in [1.807, 2.05) is 41.5 Å². The minimum atomic E-state index is -2.26. The molecule has 2 fully saturated rings. The molecule has 0 spiro atoms. The number of halogens is 1. The lowest BCUT2D eigenvalue weighted by Gasteiger charge is -2.43. The molecular weight excluding hydrogens is 731 g/mol. The molecule has 1 saturated heterocycles. The average Bonchev–Trinajstić information content (AvgIpc) is 3.33. The molecule has 14 heteroatoms. The highest BCUT2D eigenvalue weighted by Gasteiger charge is 2.49. The largest absolute Gasteiger partial charge is 0.447 e. The van der Waals surface area contributed by atoms with Crippen LogP contribution in [0.1, 0.15) is 93.4 Å². The van der Waals surface area contributed by atoms with Gasteiger partial charge in [-0.1, -0.05) is 73.3 Å². The van der Waals surface area contributed by atoms with E-state index in [4.69, 9.17) is 9.05 Å². The first-order chi connectivity index (χ1) is 22.5. The normalized spacial score (nSPS) is 22.0. The van der Waals surface area contributed by atoms with Gasteiger partial charge in [-0.3, -0.25) is 19.7 Å². The number of rotatable bonds is 16. The number of hydrogen-bond donors (Lipinski definition) is 6. The molecule has 0 aromatic rings. The molecule has 0 aromatic carbocycles. The summed E-state index contributed by atoms with van der Waals surface area (Å²) in [6.45, 7) is 17.3. The number of carbonyl (C=O) groups is 5. The molecule has 1 aliphatic carbocycles. The first kappa shape index (κ1) is 41.5. The van der Waals surface area contributed by atoms with Crippen LogP contribution in [0.2, 0.25) is 0 Å². The SMILES string of the molecule is C#I1CN(C(=O)[C@@H](NC(=O)N[C@H](COC(=O)NCC)C(C)(C)C)C2(C)CCCCC2)C(C(O)NC(CCC)C(=O)C(=O)NCC=C)[C@H]1C. The predicted octanol–water partition coefficient (Wildman–Crippen LogP) is 3.39. The van der Waals surface area contributed by atoms with E-state index in [1.54, 1.807) is 11.8 Å². The van der Waals surface area contributed by atoms with Gasteiger partial charge in [0.15, 0.2) is 0 Å². The van der Waals surface area contributed by atoms with Crippen molar-refractivity contribution in [2.24, 2.45) is 10.8 Å². The van der Waals surface area contributed by atoms with Crippen molar-refractivity contribution in [2.75, 3.05) is 24.2 Å². The first-order valence-corrected chi connectivity index (χ1v) is 21.1. The molecule has 2 aliphatic rings. The minimum absolute atomic E-state index is 0.0629. The lowest BCUT2D eigenvalue weighted by atomic mass is 9.70. The van der Waals surface area contributed by atoms with Crippen LogP contribution < -0.4 is 26.6 Å². The Bertz CT molecular complexity index is 1220. The van der Waals surface area contributed by atoms with E-state index in [9.17, 15) is 29.1 Å². The maximum Gasteiger partial charge on any atom is 0.407 e. The Hall–Kier alpha value is -2.68. The Kier molecular flexibility index (Phi) is 16.3. The van der Waals surface area contributed by atoms with Crippen LogP contribution in [0.3, 0.4) is 0 Å². The van der Waals surface area contributed by atoms with Gasteiger partial charge in [0.2, 0.25) is 11.7 Å². The van der Waals surface area contributed by atoms with Crippen molar-refractivity contribution in [2.45, 2.75) is 128 Å². The van der Waals surface area contributed by atoms with Crippen molar-refractivity contribution in [3.63, 3.8) is 0 Å². The summed E-state index contributed by atoms with van der Waals surface area (Å²) in [6.07, 6.45) is 4.71. The summed E-state index contributed by atoms with van der Waals surface area (Å²) in [6, 6.07) is -3.78. The molecule has 2 rings (SSSR count). The van der Waals surface area contributed by atoms with Gasteiger partial charge in [-0.05, 0) is 37.0 Å². The minimum Gasteiger partial charge on any atom is -0.447 e. The van der Waals surface area contributed by atoms with Crippen molar-refractivity contribution < 1.29 is 33.8 Å². The summed E-state index contributed by atoms with van der Waals surface area (Å²) in [5, 5.41) is 25.5. The number of alkyl halides is 2. The van der Waals surface area contributed by atoms with Crippen molar-refractivity contribution in [1.29, 1.82) is 0 Å². The monoisotopic (exact) mass is 790 g/mol. The predicted molar refractivity (Wildman–Crippen MR) is 195 cm³/mol. The van der Waals surface area contributed by atoms with Gasteiger partial charge in [0.05, 0.1) is 22.7 Å². The maximum absolute atomic E-state index is 14.6. The fourth-order valence-corrected chi connectivity index (χ4v) is 10.2. The van der Waals surface area contributed by atoms with Crippen molar-refractivity contribution in [1.82, 2.24) is 31.5 Å². The van der Waals surface area contributed by atoms with Crippen LogP contribution in [0.25, 0.3) is 0 Å². The number of hydrogen-bond acceptors (Lipinski definition) is 8. The first-order valence-electron chi connectivity index (χ1n) is 17.0. The third kappa shape index (κ3) is 11.4. The van der Waals surface area contributed by atoms with E-state index in [1.165, 1.54) is 6.08 Å². The van der Waals surface area contributed by atoms with Crippen LogP contribution in [0.4, 0.5) is 9.59 Å². The second kappa shape index (κ2) is 18.9. The van der Waals surface area contributed by atoms with Gasteiger partial charge in [0, 0.05) is 17.0 Å². The molecule has 3 unspecified atom stereocenters. The second-order valence-corrected chi connectivity index (χ2v) is 19.3. The van der Waals surface area contributed by atoms with E-state index < -0.39 is 84.2 Å². The number of carbonyl (C=O) groups excluding carboxylic acids is 5. The molecule has 48 heavy (non-hydrogen) atoms. The maximum atomic E-state index is 14.6. The number of alkyl carbamates (subject to hydrolysis) is 1. The molecule has 0 bridgehead atoms. The number of aliphatic hydroxyl groups excluding tert-OH is 1. The third-order valence-electron chi connectivity index (χ3n) is 9.31. The van der Waals surface area contributed by atoms with Gasteiger partial charge >= 0.3 is 12.1 Å². The van der Waals surface area contributed by atoms with Crippen LogP contribution in [0.5, 0.6) is 0 Å². The van der Waals surface area contributed by atoms with Crippen LogP contribution in [0, 0.1) is 15.1 Å². The quantitative estimate of drug-likeness (QED) is 0.0344. The standard InChI is InChI=1S/C34H59IN6O7/c1-10-16-23(26(42)29(44)37-19-11-2)38-28(43)25-22(4)35(9)21-41(25)30(45)27(34(8)17-14-13-15-18-34)40-31(46)39-24(33(5,6)7)20-48-32(47)36-12-3/h9,11,22-25,27-28,38,43H,2,10,12-21H2,1,3-8H3,(H,36,47)(H,37,44)(H2,39,40,46)/t22-,23?,24-,25?,27-,28?/m1/s1. The van der Waals surface area contributed by atoms with Crippen molar-refractivity contribution in [3.05, 3.63) is 12.7 Å². The van der Waals surface area contributed by atoms with E-state index in [0.29, 0.717) is 23.9 Å². The topological polar surface area (TPSA) is 178 Å². The van der Waals surface area contributed by atoms with Crippen LogP contribution in [0.15, 0.2) is 12.7 Å². The number of nitrogens with zero attached hydrogens (tertiary/aromatic N) is 1. The molecule has 0 aromatic heterocycles. The molecule has 274 valence electrons. The van der Waals surface area contributed by atoms with Crippen molar-refractivity contribution in [3.8, 4) is 4.31 Å². The summed E-state index contributed by atoms with van der Waals surface area (Å²) < 4.78 is 12.1. The number of nitrogens with one attached hydrogen (secondary N) is 5. The molecule has 1 saturated carbocycles. The number of ether oxygens (including phenoxy) is 1. The second-order valence-electron chi connectivity index (χ2n) is 14.2. The molecule has 6 N–H and O–H groups in total. The van der Waals surface area contributed by atoms with Crippen LogP contribution >= 0.6 is 19.1 Å². The average molecular weight is 791 g/mol. The fraction of sp³-hybridized carbons (Fsp3) is 0.765. The molecule has 6 atom stereocenters. The zero-order valence-corrected chi connectivity index (χ0v) is 32.0. The van der Waals surface area contributed by atoms with Gasteiger partial charge < -0.3 is 36.0 Å². The molecule has 1 heterocycles. The highest BCUT2D eigenvalue weighted by atomic mass is 127. The molecular formula is C34H59IN6O7. The Morgan fingerprint density at radius 2 is 1.75 bits per heavy atom. The lowest BCUT2D eigenvalue weighted by Crippen LogP contribution is -2.64. The molecule has 13 nitrogen and oxygen atoms in total. The zero-order valence-electron chi connectivity index (χ0n) is 29.8. The Morgan fingerprint density at radius 1 is 1.10 bits per heavy atom. The van der Waals surface area contributed by atoms with E-state index in [2.05, 4.69) is 33.2 Å². The van der Waals surface area contributed by atoms with Gasteiger partial charge in [0.1, 0.15) is 18.9 Å². The summed E-state index contributed by atoms with van der Waals surface area (Å²) in [4.78, 5) is 67.3. The number of urea groups is 1. The lowest BCUT2D eigenvalue weighted by molar-refractivity contribution is -0.142. The molecule has 5 amide bonds. The highest BCUT2D eigenvalue weighted by molar-refractivity contribution is 14.2. The van der Waals surface area contributed by atoms with E-state index in [0.717, 1.165) is 32.1 Å². The van der Waals surface area contributed by atoms with Gasteiger partial charge in [-0.2, -0.15) is 0 Å². The molecule has 0 radical (unpaired) electrons. The van der Waals surface area contributed by atoms with E-state index in [-0.39, 0.29) is 23.0 Å². The van der Waals surface area contributed by atoms with Gasteiger partial charge in [0.25, 0.3) is 5.91 Å². The van der Waals surface area contributed by atoms with Crippen molar-refractivity contribution >= 4 is 48.9 Å². The van der Waals surface area contributed by atoms with Crippen LogP contribution in [-0.4, -0.2) is 98.3 Å². The van der Waals surface area contributed by atoms with E-state index >= 15 is 0 Å². The number of amides is 5. The van der Waals surface area contributed by atoms with Gasteiger partial charge in [-0.25, -0.2) is 9.59 Å². The summed E-state index contributed by atoms with van der Waals surface area (Å²) in [5.41, 5.74) is -1.04.